The zero-order valence-electron chi connectivity index (χ0n) is 10.4. The molecule has 0 aliphatic carbocycles. The number of morpholine rings is 1. The van der Waals surface area contributed by atoms with Crippen LogP contribution in [-0.2, 0) is 4.74 Å². The molecular weight excluding hydrogens is 360 g/mol. The fourth-order valence-electron chi connectivity index (χ4n) is 2.34. The van der Waals surface area contributed by atoms with Crippen molar-refractivity contribution in [3.05, 3.63) is 32.7 Å². The predicted octanol–water partition coefficient (Wildman–Crippen LogP) is 2.93. The molecule has 2 atom stereocenters. The van der Waals surface area contributed by atoms with Gasteiger partial charge in [0.15, 0.2) is 0 Å². The number of nitrogens with two attached hydrogens (primary N) is 1. The Kier molecular flexibility index (Phi) is 5.21. The van der Waals surface area contributed by atoms with Gasteiger partial charge in [0.25, 0.3) is 0 Å². The van der Waals surface area contributed by atoms with E-state index in [1.807, 2.05) is 0 Å². The molecule has 3 nitrogen and oxygen atoms in total. The Balaban J connectivity index is 2.18. The quantitative estimate of drug-likeness (QED) is 0.879. The summed E-state index contributed by atoms with van der Waals surface area (Å²) in [6, 6.07) is 6.60. The predicted molar refractivity (Wildman–Crippen MR) is 80.6 cm³/mol. The second-order valence-electron chi connectivity index (χ2n) is 4.60. The maximum Gasteiger partial charge on any atom is 0.0674 e. The Morgan fingerprint density at radius 1 is 1.44 bits per heavy atom. The van der Waals surface area contributed by atoms with Gasteiger partial charge in [-0.05, 0) is 56.5 Å². The van der Waals surface area contributed by atoms with Gasteiger partial charge in [-0.3, -0.25) is 4.90 Å². The molecule has 18 heavy (non-hydrogen) atoms. The molecular formula is C13H18Br2N2O. The van der Waals surface area contributed by atoms with Gasteiger partial charge in [-0.1, -0.05) is 6.07 Å². The van der Waals surface area contributed by atoms with Crippen LogP contribution in [-0.4, -0.2) is 37.2 Å². The van der Waals surface area contributed by atoms with Gasteiger partial charge in [0.1, 0.15) is 0 Å². The topological polar surface area (TPSA) is 38.5 Å². The molecule has 1 aromatic rings. The summed E-state index contributed by atoms with van der Waals surface area (Å²) in [4.78, 5) is 2.41. The Morgan fingerprint density at radius 3 is 2.83 bits per heavy atom. The van der Waals surface area contributed by atoms with Crippen molar-refractivity contribution < 1.29 is 4.74 Å². The summed E-state index contributed by atoms with van der Waals surface area (Å²) in [7, 11) is 0. The first-order valence-corrected chi connectivity index (χ1v) is 7.71. The first kappa shape index (κ1) is 14.5. The van der Waals surface area contributed by atoms with Crippen LogP contribution in [0.15, 0.2) is 27.1 Å². The third kappa shape index (κ3) is 3.33. The fourth-order valence-corrected chi connectivity index (χ4v) is 2.99. The minimum Gasteiger partial charge on any atom is -0.376 e. The Labute approximate surface area is 125 Å². The van der Waals surface area contributed by atoms with Crippen LogP contribution in [0.3, 0.4) is 0 Å². The van der Waals surface area contributed by atoms with Crippen molar-refractivity contribution in [2.24, 2.45) is 5.73 Å². The summed E-state index contributed by atoms with van der Waals surface area (Å²) in [6.07, 6.45) is 0.284. The number of halogens is 2. The van der Waals surface area contributed by atoms with Crippen LogP contribution >= 0.6 is 31.9 Å². The number of hydrogen-bond acceptors (Lipinski definition) is 3. The van der Waals surface area contributed by atoms with Crippen LogP contribution in [0, 0.1) is 0 Å². The standard InChI is InChI=1S/C13H18Br2N2O/c1-9-8-17(4-5-18-9)13(7-16)10-2-3-11(14)12(15)6-10/h2-3,6,9,13H,4-5,7-8,16H2,1H3. The summed E-state index contributed by atoms with van der Waals surface area (Å²) in [5.41, 5.74) is 7.21. The lowest BCUT2D eigenvalue weighted by Crippen LogP contribution is -2.45. The van der Waals surface area contributed by atoms with E-state index in [1.54, 1.807) is 0 Å². The molecule has 0 bridgehead atoms. The molecule has 1 fully saturated rings. The van der Waals surface area contributed by atoms with Crippen LogP contribution in [0.1, 0.15) is 18.5 Å². The monoisotopic (exact) mass is 376 g/mol. The van der Waals surface area contributed by atoms with Crippen molar-refractivity contribution >= 4 is 31.9 Å². The zero-order chi connectivity index (χ0) is 13.1. The van der Waals surface area contributed by atoms with E-state index < -0.39 is 0 Å². The molecule has 1 saturated heterocycles. The Hall–Kier alpha value is 0.0600. The summed E-state index contributed by atoms with van der Waals surface area (Å²) in [6.45, 7) is 5.41. The minimum atomic E-state index is 0.265. The van der Waals surface area contributed by atoms with Crippen molar-refractivity contribution in [2.75, 3.05) is 26.2 Å². The highest BCUT2D eigenvalue weighted by Crippen LogP contribution is 2.29. The molecule has 2 unspecified atom stereocenters. The largest absolute Gasteiger partial charge is 0.376 e. The Bertz CT molecular complexity index is 414. The highest BCUT2D eigenvalue weighted by molar-refractivity contribution is 9.13. The number of hydrogen-bond donors (Lipinski definition) is 1. The second-order valence-corrected chi connectivity index (χ2v) is 6.31. The van der Waals surface area contributed by atoms with E-state index >= 15 is 0 Å². The molecule has 1 aliphatic heterocycles. The third-order valence-corrected chi connectivity index (χ3v) is 5.14. The normalized spacial score (nSPS) is 23.0. The van der Waals surface area contributed by atoms with Crippen LogP contribution < -0.4 is 5.73 Å². The van der Waals surface area contributed by atoms with E-state index in [0.717, 1.165) is 28.6 Å². The first-order valence-electron chi connectivity index (χ1n) is 6.12. The van der Waals surface area contributed by atoms with Crippen molar-refractivity contribution in [3.8, 4) is 0 Å². The van der Waals surface area contributed by atoms with Crippen molar-refractivity contribution in [2.45, 2.75) is 19.1 Å². The third-order valence-electron chi connectivity index (χ3n) is 3.26. The molecule has 0 amide bonds. The molecule has 2 rings (SSSR count). The van der Waals surface area contributed by atoms with E-state index in [-0.39, 0.29) is 12.1 Å². The zero-order valence-corrected chi connectivity index (χ0v) is 13.6. The molecule has 1 heterocycles. The molecule has 0 aromatic heterocycles. The lowest BCUT2D eigenvalue weighted by Gasteiger charge is -2.37. The number of ether oxygens (including phenoxy) is 1. The van der Waals surface area contributed by atoms with E-state index in [0.29, 0.717) is 6.54 Å². The van der Waals surface area contributed by atoms with Crippen LogP contribution in [0.4, 0.5) is 0 Å². The maximum absolute atomic E-state index is 5.96. The first-order chi connectivity index (χ1) is 8.61. The van der Waals surface area contributed by atoms with E-state index in [4.69, 9.17) is 10.5 Å². The van der Waals surface area contributed by atoms with Gasteiger partial charge in [0.05, 0.1) is 12.7 Å². The lowest BCUT2D eigenvalue weighted by atomic mass is 10.0. The number of nitrogens with zero attached hydrogens (tertiary/aromatic N) is 1. The summed E-state index contributed by atoms with van der Waals surface area (Å²) in [5.74, 6) is 0. The van der Waals surface area contributed by atoms with Crippen LogP contribution in [0.25, 0.3) is 0 Å². The average Bonchev–Trinajstić information content (AvgIpc) is 2.35. The van der Waals surface area contributed by atoms with Crippen molar-refractivity contribution in [1.82, 2.24) is 4.90 Å². The van der Waals surface area contributed by atoms with E-state index in [2.05, 4.69) is 61.9 Å². The van der Waals surface area contributed by atoms with Gasteiger partial charge in [-0.15, -0.1) is 0 Å². The SMILES string of the molecule is CC1CN(C(CN)c2ccc(Br)c(Br)c2)CCO1. The highest BCUT2D eigenvalue weighted by atomic mass is 79.9. The van der Waals surface area contributed by atoms with E-state index in [1.165, 1.54) is 5.56 Å². The van der Waals surface area contributed by atoms with Crippen molar-refractivity contribution in [1.29, 1.82) is 0 Å². The average molecular weight is 378 g/mol. The van der Waals surface area contributed by atoms with Gasteiger partial charge in [0, 0.05) is 34.6 Å². The molecule has 2 N–H and O–H groups in total. The van der Waals surface area contributed by atoms with Gasteiger partial charge in [-0.25, -0.2) is 0 Å². The smallest absolute Gasteiger partial charge is 0.0674 e. The van der Waals surface area contributed by atoms with Crippen LogP contribution in [0.2, 0.25) is 0 Å². The highest BCUT2D eigenvalue weighted by Gasteiger charge is 2.24. The van der Waals surface area contributed by atoms with E-state index in [9.17, 15) is 0 Å². The molecule has 100 valence electrons. The minimum absolute atomic E-state index is 0.265. The van der Waals surface area contributed by atoms with Gasteiger partial charge in [0.2, 0.25) is 0 Å². The molecule has 1 aromatic carbocycles. The summed E-state index contributed by atoms with van der Waals surface area (Å²) >= 11 is 7.04. The molecule has 0 saturated carbocycles. The Morgan fingerprint density at radius 2 is 2.22 bits per heavy atom. The van der Waals surface area contributed by atoms with Gasteiger partial charge >= 0.3 is 0 Å². The molecule has 0 spiro atoms. The van der Waals surface area contributed by atoms with Gasteiger partial charge in [-0.2, -0.15) is 0 Å². The summed E-state index contributed by atoms with van der Waals surface area (Å²) < 4.78 is 7.72. The van der Waals surface area contributed by atoms with Crippen molar-refractivity contribution in [3.63, 3.8) is 0 Å². The number of rotatable bonds is 3. The lowest BCUT2D eigenvalue weighted by molar-refractivity contribution is -0.0333. The van der Waals surface area contributed by atoms with Crippen LogP contribution in [0.5, 0.6) is 0 Å². The molecule has 5 heteroatoms. The molecule has 0 radical (unpaired) electrons. The fraction of sp³-hybridized carbons (Fsp3) is 0.538. The molecule has 1 aliphatic rings. The summed E-state index contributed by atoms with van der Waals surface area (Å²) in [5, 5.41) is 0. The maximum atomic E-state index is 5.96. The number of benzene rings is 1. The van der Waals surface area contributed by atoms with Gasteiger partial charge < -0.3 is 10.5 Å². The second kappa shape index (κ2) is 6.48.